The molecule has 0 bridgehead atoms. The average molecular weight is 296 g/mol. The molecular formula is C15H22BFO4. The van der Waals surface area contributed by atoms with E-state index in [-0.39, 0.29) is 18.7 Å². The van der Waals surface area contributed by atoms with Crippen molar-refractivity contribution >= 4 is 7.12 Å². The van der Waals surface area contributed by atoms with E-state index < -0.39 is 30.2 Å². The van der Waals surface area contributed by atoms with Crippen LogP contribution in [0.3, 0.4) is 0 Å². The lowest BCUT2D eigenvalue weighted by molar-refractivity contribution is 0.00578. The first kappa shape index (κ1) is 16.3. The summed E-state index contributed by atoms with van der Waals surface area (Å²) in [5.74, 6) is -0.314. The molecule has 1 N–H and O–H groups in total. The average Bonchev–Trinajstić information content (AvgIpc) is 2.56. The number of rotatable bonds is 5. The molecule has 0 spiro atoms. The van der Waals surface area contributed by atoms with Crippen molar-refractivity contribution in [1.82, 2.24) is 0 Å². The topological polar surface area (TPSA) is 47.9 Å². The van der Waals surface area contributed by atoms with Crippen LogP contribution in [0, 0.1) is 5.82 Å². The van der Waals surface area contributed by atoms with Crippen molar-refractivity contribution in [2.45, 2.75) is 51.3 Å². The van der Waals surface area contributed by atoms with Gasteiger partial charge in [0.15, 0.2) is 11.6 Å². The zero-order chi connectivity index (χ0) is 15.7. The lowest BCUT2D eigenvalue weighted by atomic mass is 9.82. The summed E-state index contributed by atoms with van der Waals surface area (Å²) in [5.41, 5.74) is -0.854. The van der Waals surface area contributed by atoms with E-state index in [2.05, 4.69) is 0 Å². The molecule has 116 valence electrons. The Hall–Kier alpha value is -1.11. The smallest absolute Gasteiger partial charge is 0.460 e. The summed E-state index contributed by atoms with van der Waals surface area (Å²) in [4.78, 5) is 0. The van der Waals surface area contributed by atoms with Gasteiger partial charge in [0.05, 0.1) is 17.3 Å². The highest BCUT2D eigenvalue weighted by Gasteiger charge is 2.51. The molecule has 1 saturated heterocycles. The maximum Gasteiger partial charge on any atom is 0.460 e. The standard InChI is InChI=1S/C15H22BFO4/c1-14(2)15(3,4)21-16(20-14)9-11(18)10-19-13-8-6-5-7-12(13)17/h5-8,11,18H,9-10H2,1-4H3. The van der Waals surface area contributed by atoms with Crippen LogP contribution in [0.25, 0.3) is 0 Å². The van der Waals surface area contributed by atoms with Crippen molar-refractivity contribution in [2.24, 2.45) is 0 Å². The molecule has 0 radical (unpaired) electrons. The highest BCUT2D eigenvalue weighted by Crippen LogP contribution is 2.37. The molecule has 1 aromatic carbocycles. The van der Waals surface area contributed by atoms with Gasteiger partial charge in [-0.2, -0.15) is 0 Å². The highest BCUT2D eigenvalue weighted by molar-refractivity contribution is 6.45. The van der Waals surface area contributed by atoms with E-state index in [1.54, 1.807) is 12.1 Å². The molecule has 0 amide bonds. The second-order valence-electron chi connectivity index (χ2n) is 6.32. The molecule has 1 atom stereocenters. The lowest BCUT2D eigenvalue weighted by Crippen LogP contribution is -2.41. The largest absolute Gasteiger partial charge is 0.488 e. The van der Waals surface area contributed by atoms with E-state index in [9.17, 15) is 9.50 Å². The highest BCUT2D eigenvalue weighted by atomic mass is 19.1. The first-order valence-corrected chi connectivity index (χ1v) is 7.12. The van der Waals surface area contributed by atoms with E-state index in [1.165, 1.54) is 12.1 Å². The predicted octanol–water partition coefficient (Wildman–Crippen LogP) is 2.66. The van der Waals surface area contributed by atoms with Crippen LogP contribution in [0.2, 0.25) is 6.32 Å². The summed E-state index contributed by atoms with van der Waals surface area (Å²) in [6.45, 7) is 7.81. The van der Waals surface area contributed by atoms with E-state index in [0.29, 0.717) is 0 Å². The maximum atomic E-state index is 13.4. The Balaban J connectivity index is 1.84. The van der Waals surface area contributed by atoms with Gasteiger partial charge in [-0.15, -0.1) is 0 Å². The SMILES string of the molecule is CC1(C)OB(CC(O)COc2ccccc2F)OC1(C)C. The van der Waals surface area contributed by atoms with Gasteiger partial charge < -0.3 is 19.2 Å². The normalized spacial score (nSPS) is 21.3. The third-order valence-electron chi connectivity index (χ3n) is 4.03. The molecule has 21 heavy (non-hydrogen) atoms. The summed E-state index contributed by atoms with van der Waals surface area (Å²) in [7, 11) is -0.491. The number of halogens is 1. The number of ether oxygens (including phenoxy) is 1. The number of aliphatic hydroxyl groups is 1. The number of para-hydroxylation sites is 1. The number of aliphatic hydroxyl groups excluding tert-OH is 1. The van der Waals surface area contributed by atoms with Gasteiger partial charge in [0.2, 0.25) is 0 Å². The van der Waals surface area contributed by atoms with Crippen LogP contribution < -0.4 is 4.74 Å². The molecular weight excluding hydrogens is 274 g/mol. The van der Waals surface area contributed by atoms with Gasteiger partial charge in [0, 0.05) is 6.32 Å². The van der Waals surface area contributed by atoms with E-state index in [0.717, 1.165) is 0 Å². The van der Waals surface area contributed by atoms with E-state index in [1.807, 2.05) is 27.7 Å². The summed E-state index contributed by atoms with van der Waals surface area (Å²) in [6, 6.07) is 6.11. The fraction of sp³-hybridized carbons (Fsp3) is 0.600. The lowest BCUT2D eigenvalue weighted by Gasteiger charge is -2.32. The quantitative estimate of drug-likeness (QED) is 0.849. The van der Waals surface area contributed by atoms with Crippen LogP contribution in [-0.4, -0.2) is 36.1 Å². The Morgan fingerprint density at radius 3 is 2.33 bits per heavy atom. The summed E-state index contributed by atoms with van der Waals surface area (Å²) >= 11 is 0. The molecule has 4 nitrogen and oxygen atoms in total. The molecule has 0 aromatic heterocycles. The zero-order valence-corrected chi connectivity index (χ0v) is 12.9. The molecule has 1 unspecified atom stereocenters. The first-order chi connectivity index (χ1) is 9.71. The second kappa shape index (κ2) is 5.95. The molecule has 1 fully saturated rings. The molecule has 6 heteroatoms. The summed E-state index contributed by atoms with van der Waals surface area (Å²) in [5, 5.41) is 9.99. The van der Waals surface area contributed by atoms with Gasteiger partial charge >= 0.3 is 7.12 Å². The van der Waals surface area contributed by atoms with Gasteiger partial charge in [0.1, 0.15) is 6.61 Å². The maximum absolute atomic E-state index is 13.4. The van der Waals surface area contributed by atoms with Crippen molar-refractivity contribution in [3.8, 4) is 5.75 Å². The van der Waals surface area contributed by atoms with Crippen LogP contribution in [-0.2, 0) is 9.31 Å². The number of benzene rings is 1. The van der Waals surface area contributed by atoms with Crippen molar-refractivity contribution in [1.29, 1.82) is 0 Å². The number of hydrogen-bond acceptors (Lipinski definition) is 4. The van der Waals surface area contributed by atoms with Crippen molar-refractivity contribution < 1.29 is 23.5 Å². The Kier molecular flexibility index (Phi) is 4.61. The fourth-order valence-corrected chi connectivity index (χ4v) is 2.10. The minimum atomic E-state index is -0.792. The monoisotopic (exact) mass is 296 g/mol. The molecule has 2 rings (SSSR count). The van der Waals surface area contributed by atoms with Gasteiger partial charge in [-0.05, 0) is 39.8 Å². The Bertz CT molecular complexity index is 476. The third kappa shape index (κ3) is 3.76. The Labute approximate surface area is 125 Å². The molecule has 0 aliphatic carbocycles. The zero-order valence-electron chi connectivity index (χ0n) is 12.9. The van der Waals surface area contributed by atoms with Crippen LogP contribution in [0.15, 0.2) is 24.3 Å². The number of hydrogen-bond donors (Lipinski definition) is 1. The Morgan fingerprint density at radius 1 is 1.19 bits per heavy atom. The summed E-state index contributed by atoms with van der Waals surface area (Å²) in [6.07, 6.45) is -0.513. The van der Waals surface area contributed by atoms with Crippen LogP contribution >= 0.6 is 0 Å². The van der Waals surface area contributed by atoms with Crippen LogP contribution in [0.5, 0.6) is 5.75 Å². The van der Waals surface area contributed by atoms with Gasteiger partial charge in [-0.25, -0.2) is 4.39 Å². The molecule has 1 aromatic rings. The Morgan fingerprint density at radius 2 is 1.76 bits per heavy atom. The second-order valence-corrected chi connectivity index (χ2v) is 6.32. The van der Waals surface area contributed by atoms with Gasteiger partial charge in [-0.3, -0.25) is 0 Å². The van der Waals surface area contributed by atoms with Crippen molar-refractivity contribution in [3.05, 3.63) is 30.1 Å². The summed E-state index contributed by atoms with van der Waals surface area (Å²) < 4.78 is 30.3. The van der Waals surface area contributed by atoms with Gasteiger partial charge in [0.25, 0.3) is 0 Å². The first-order valence-electron chi connectivity index (χ1n) is 7.12. The van der Waals surface area contributed by atoms with Gasteiger partial charge in [-0.1, -0.05) is 12.1 Å². The minimum absolute atomic E-state index is 0.00892. The molecule has 0 saturated carbocycles. The molecule has 1 aliphatic heterocycles. The van der Waals surface area contributed by atoms with Crippen LogP contribution in [0.4, 0.5) is 4.39 Å². The molecule has 1 aliphatic rings. The fourth-order valence-electron chi connectivity index (χ4n) is 2.10. The van der Waals surface area contributed by atoms with E-state index in [4.69, 9.17) is 14.0 Å². The van der Waals surface area contributed by atoms with Crippen molar-refractivity contribution in [2.75, 3.05) is 6.61 Å². The minimum Gasteiger partial charge on any atom is -0.488 e. The van der Waals surface area contributed by atoms with Crippen LogP contribution in [0.1, 0.15) is 27.7 Å². The molecule has 1 heterocycles. The van der Waals surface area contributed by atoms with Crippen molar-refractivity contribution in [3.63, 3.8) is 0 Å². The third-order valence-corrected chi connectivity index (χ3v) is 4.03. The predicted molar refractivity (Wildman–Crippen MR) is 78.8 cm³/mol. The van der Waals surface area contributed by atoms with E-state index >= 15 is 0 Å².